The molecule has 0 aliphatic rings. The van der Waals surface area contributed by atoms with Crippen molar-refractivity contribution in [1.82, 2.24) is 10.6 Å². The maximum Gasteiger partial charge on any atom is 0.191 e. The van der Waals surface area contributed by atoms with Gasteiger partial charge in [0.15, 0.2) is 5.96 Å². The number of methoxy groups -OCH3 is 1. The first-order chi connectivity index (χ1) is 8.39. The van der Waals surface area contributed by atoms with Gasteiger partial charge in [0.2, 0.25) is 0 Å². The third-order valence-corrected chi connectivity index (χ3v) is 2.75. The van der Waals surface area contributed by atoms with Crippen LogP contribution in [0.2, 0.25) is 0 Å². The number of guanidine groups is 1. The second-order valence-electron chi connectivity index (χ2n) is 5.99. The van der Waals surface area contributed by atoms with E-state index in [1.165, 1.54) is 6.42 Å². The normalized spacial score (nSPS) is 13.7. The van der Waals surface area contributed by atoms with E-state index in [0.717, 1.165) is 32.0 Å². The Balaban J connectivity index is 0. The molecule has 0 saturated carbocycles. The molecule has 19 heavy (non-hydrogen) atoms. The smallest absolute Gasteiger partial charge is 0.191 e. The molecule has 1 atom stereocenters. The quantitative estimate of drug-likeness (QED) is 0.307. The van der Waals surface area contributed by atoms with E-state index in [1.54, 1.807) is 7.11 Å². The van der Waals surface area contributed by atoms with Crippen LogP contribution in [0.15, 0.2) is 4.99 Å². The summed E-state index contributed by atoms with van der Waals surface area (Å²) in [7, 11) is 3.53. The molecule has 1 unspecified atom stereocenters. The van der Waals surface area contributed by atoms with Crippen molar-refractivity contribution in [2.45, 2.75) is 53.0 Å². The maximum atomic E-state index is 5.01. The molecule has 2 N–H and O–H groups in total. The van der Waals surface area contributed by atoms with Crippen LogP contribution in [-0.4, -0.2) is 39.3 Å². The number of nitrogens with one attached hydrogen (secondary N) is 2. The first-order valence-corrected chi connectivity index (χ1v) is 6.85. The van der Waals surface area contributed by atoms with E-state index >= 15 is 0 Å². The molecule has 0 heterocycles. The van der Waals surface area contributed by atoms with Gasteiger partial charge in [0.25, 0.3) is 0 Å². The van der Waals surface area contributed by atoms with Gasteiger partial charge in [0.05, 0.1) is 0 Å². The van der Waals surface area contributed by atoms with Crippen molar-refractivity contribution in [2.24, 2.45) is 10.4 Å². The van der Waals surface area contributed by atoms with Crippen molar-refractivity contribution >= 4 is 29.9 Å². The van der Waals surface area contributed by atoms with Crippen LogP contribution < -0.4 is 10.6 Å². The third-order valence-electron chi connectivity index (χ3n) is 2.75. The van der Waals surface area contributed by atoms with Crippen molar-refractivity contribution < 1.29 is 4.74 Å². The number of aliphatic imine (C=N–C) groups is 1. The van der Waals surface area contributed by atoms with Crippen LogP contribution in [-0.2, 0) is 4.74 Å². The summed E-state index contributed by atoms with van der Waals surface area (Å²) >= 11 is 0. The molecule has 116 valence electrons. The highest BCUT2D eigenvalue weighted by molar-refractivity contribution is 14.0. The minimum absolute atomic E-state index is 0. The first kappa shape index (κ1) is 21.3. The lowest BCUT2D eigenvalue weighted by atomic mass is 9.89. The topological polar surface area (TPSA) is 45.7 Å². The van der Waals surface area contributed by atoms with Gasteiger partial charge < -0.3 is 15.4 Å². The number of halogens is 1. The molecule has 0 saturated heterocycles. The highest BCUT2D eigenvalue weighted by atomic mass is 127. The van der Waals surface area contributed by atoms with Crippen LogP contribution in [0.4, 0.5) is 0 Å². The van der Waals surface area contributed by atoms with Crippen molar-refractivity contribution in [3.8, 4) is 0 Å². The SMILES string of the molecule is CN=C(NCCCOC)NC(C)CCC(C)(C)C.I. The van der Waals surface area contributed by atoms with Gasteiger partial charge in [-0.05, 0) is 31.6 Å². The van der Waals surface area contributed by atoms with Gasteiger partial charge in [0.1, 0.15) is 0 Å². The van der Waals surface area contributed by atoms with Gasteiger partial charge in [-0.1, -0.05) is 20.8 Å². The van der Waals surface area contributed by atoms with E-state index in [2.05, 4.69) is 43.3 Å². The van der Waals surface area contributed by atoms with Gasteiger partial charge in [-0.2, -0.15) is 0 Å². The summed E-state index contributed by atoms with van der Waals surface area (Å²) in [4.78, 5) is 4.22. The predicted octanol–water partition coefficient (Wildman–Crippen LogP) is 3.02. The minimum atomic E-state index is 0. The molecule has 0 aromatic heterocycles. The number of nitrogens with zero attached hydrogens (tertiary/aromatic N) is 1. The van der Waals surface area contributed by atoms with Gasteiger partial charge >= 0.3 is 0 Å². The van der Waals surface area contributed by atoms with Crippen LogP contribution in [0, 0.1) is 5.41 Å². The zero-order valence-corrected chi connectivity index (χ0v) is 15.7. The zero-order chi connectivity index (χ0) is 14.0. The lowest BCUT2D eigenvalue weighted by Crippen LogP contribution is -2.42. The minimum Gasteiger partial charge on any atom is -0.385 e. The molecule has 0 bridgehead atoms. The molecule has 0 rings (SSSR count). The van der Waals surface area contributed by atoms with E-state index in [4.69, 9.17) is 4.74 Å². The highest BCUT2D eigenvalue weighted by Crippen LogP contribution is 2.21. The Kier molecular flexibility index (Phi) is 13.2. The number of hydrogen-bond donors (Lipinski definition) is 2. The van der Waals surface area contributed by atoms with Gasteiger partial charge in [-0.25, -0.2) is 0 Å². The van der Waals surface area contributed by atoms with Crippen LogP contribution in [0.1, 0.15) is 47.0 Å². The molecular formula is C14H32IN3O. The van der Waals surface area contributed by atoms with Crippen LogP contribution in [0.3, 0.4) is 0 Å². The molecule has 0 aliphatic carbocycles. The Labute approximate surface area is 136 Å². The zero-order valence-electron chi connectivity index (χ0n) is 13.4. The molecule has 0 fully saturated rings. The van der Waals surface area contributed by atoms with Crippen molar-refractivity contribution in [3.63, 3.8) is 0 Å². The molecule has 0 spiro atoms. The van der Waals surface area contributed by atoms with Crippen LogP contribution in [0.5, 0.6) is 0 Å². The second-order valence-corrected chi connectivity index (χ2v) is 5.99. The molecule has 0 aromatic carbocycles. The Hall–Kier alpha value is -0.0400. The second kappa shape index (κ2) is 11.8. The van der Waals surface area contributed by atoms with Gasteiger partial charge in [-0.3, -0.25) is 4.99 Å². The number of ether oxygens (including phenoxy) is 1. The maximum absolute atomic E-state index is 5.01. The number of rotatable bonds is 7. The Bertz CT molecular complexity index is 239. The molecule has 0 aromatic rings. The van der Waals surface area contributed by atoms with E-state index < -0.39 is 0 Å². The fraction of sp³-hybridized carbons (Fsp3) is 0.929. The monoisotopic (exact) mass is 385 g/mol. The van der Waals surface area contributed by atoms with Crippen LogP contribution >= 0.6 is 24.0 Å². The molecule has 0 amide bonds. The van der Waals surface area contributed by atoms with Crippen LogP contribution in [0.25, 0.3) is 0 Å². The average Bonchev–Trinajstić information content (AvgIpc) is 2.29. The Morgan fingerprint density at radius 2 is 1.95 bits per heavy atom. The summed E-state index contributed by atoms with van der Waals surface area (Å²) in [6, 6.07) is 0.442. The van der Waals surface area contributed by atoms with Crippen molar-refractivity contribution in [3.05, 3.63) is 0 Å². The summed E-state index contributed by atoms with van der Waals surface area (Å²) < 4.78 is 5.01. The Morgan fingerprint density at radius 3 is 2.42 bits per heavy atom. The standard InChI is InChI=1S/C14H31N3O.HI/c1-12(8-9-14(2,3)4)17-13(15-5)16-10-7-11-18-6;/h12H,7-11H2,1-6H3,(H2,15,16,17);1H. The molecular weight excluding hydrogens is 353 g/mol. The Morgan fingerprint density at radius 1 is 1.32 bits per heavy atom. The lowest BCUT2D eigenvalue weighted by Gasteiger charge is -2.23. The van der Waals surface area contributed by atoms with E-state index in [-0.39, 0.29) is 24.0 Å². The first-order valence-electron chi connectivity index (χ1n) is 6.85. The van der Waals surface area contributed by atoms with Gasteiger partial charge in [-0.15, -0.1) is 24.0 Å². The van der Waals surface area contributed by atoms with Crippen molar-refractivity contribution in [1.29, 1.82) is 0 Å². The summed E-state index contributed by atoms with van der Waals surface area (Å²) in [5.74, 6) is 0.882. The molecule has 0 radical (unpaired) electrons. The highest BCUT2D eigenvalue weighted by Gasteiger charge is 2.13. The average molecular weight is 385 g/mol. The molecule has 5 heteroatoms. The third kappa shape index (κ3) is 14.2. The summed E-state index contributed by atoms with van der Waals surface area (Å²) in [5.41, 5.74) is 0.394. The van der Waals surface area contributed by atoms with Gasteiger partial charge in [0, 0.05) is 33.4 Å². The molecule has 4 nitrogen and oxygen atoms in total. The summed E-state index contributed by atoms with van der Waals surface area (Å²) in [6.07, 6.45) is 3.36. The van der Waals surface area contributed by atoms with Crippen molar-refractivity contribution in [2.75, 3.05) is 27.3 Å². The molecule has 0 aliphatic heterocycles. The fourth-order valence-corrected chi connectivity index (χ4v) is 1.57. The fourth-order valence-electron chi connectivity index (χ4n) is 1.57. The number of hydrogen-bond acceptors (Lipinski definition) is 2. The lowest BCUT2D eigenvalue weighted by molar-refractivity contribution is 0.195. The van der Waals surface area contributed by atoms with E-state index in [1.807, 2.05) is 7.05 Å². The van der Waals surface area contributed by atoms with E-state index in [0.29, 0.717) is 11.5 Å². The summed E-state index contributed by atoms with van der Waals surface area (Å²) in [6.45, 7) is 10.7. The van der Waals surface area contributed by atoms with E-state index in [9.17, 15) is 0 Å². The summed E-state index contributed by atoms with van der Waals surface area (Å²) in [5, 5.41) is 6.71. The largest absolute Gasteiger partial charge is 0.385 e. The predicted molar refractivity (Wildman–Crippen MR) is 94.6 cm³/mol.